The van der Waals surface area contributed by atoms with Gasteiger partial charge in [-0.15, -0.1) is 0 Å². The second-order valence-corrected chi connectivity index (χ2v) is 7.42. The highest BCUT2D eigenvalue weighted by molar-refractivity contribution is 7.99. The van der Waals surface area contributed by atoms with Gasteiger partial charge in [0.05, 0.1) is 0 Å². The van der Waals surface area contributed by atoms with E-state index in [-0.39, 0.29) is 5.78 Å². The van der Waals surface area contributed by atoms with Gasteiger partial charge >= 0.3 is 0 Å². The van der Waals surface area contributed by atoms with E-state index in [4.69, 9.17) is 0 Å². The zero-order valence-corrected chi connectivity index (χ0v) is 14.7. The van der Waals surface area contributed by atoms with Gasteiger partial charge in [0.1, 0.15) is 0 Å². The van der Waals surface area contributed by atoms with Crippen LogP contribution in [0, 0.1) is 13.8 Å². The Bertz CT molecular complexity index is 705. The molecule has 0 amide bonds. The Hall–Kier alpha value is -1.58. The summed E-state index contributed by atoms with van der Waals surface area (Å²) in [6, 6.07) is 14.2. The molecule has 0 saturated carbocycles. The highest BCUT2D eigenvalue weighted by Crippen LogP contribution is 2.21. The van der Waals surface area contributed by atoms with Crippen LogP contribution in [0.1, 0.15) is 32.6 Å². The summed E-state index contributed by atoms with van der Waals surface area (Å²) in [7, 11) is 0. The van der Waals surface area contributed by atoms with Crippen molar-refractivity contribution in [3.8, 4) is 0 Å². The molecular formula is C20H23NOS. The van der Waals surface area contributed by atoms with Crippen molar-refractivity contribution in [2.24, 2.45) is 0 Å². The molecule has 3 heteroatoms. The molecule has 2 aromatic carbocycles. The highest BCUT2D eigenvalue weighted by Gasteiger charge is 2.18. The van der Waals surface area contributed by atoms with E-state index in [1.54, 1.807) is 0 Å². The van der Waals surface area contributed by atoms with Crippen molar-refractivity contribution in [3.05, 3.63) is 70.3 Å². The van der Waals surface area contributed by atoms with Gasteiger partial charge in [0.15, 0.2) is 5.78 Å². The maximum atomic E-state index is 13.1. The zero-order valence-electron chi connectivity index (χ0n) is 13.8. The summed E-state index contributed by atoms with van der Waals surface area (Å²) in [5.74, 6) is 2.52. The first kappa shape index (κ1) is 16.3. The van der Waals surface area contributed by atoms with E-state index in [1.807, 2.05) is 55.9 Å². The van der Waals surface area contributed by atoms with Gasteiger partial charge in [-0.05, 0) is 31.0 Å². The molecule has 2 nitrogen and oxygen atoms in total. The van der Waals surface area contributed by atoms with Crippen LogP contribution in [0.2, 0.25) is 0 Å². The van der Waals surface area contributed by atoms with Crippen LogP contribution in [-0.2, 0) is 6.54 Å². The van der Waals surface area contributed by atoms with Crippen LogP contribution in [-0.4, -0.2) is 35.3 Å². The van der Waals surface area contributed by atoms with Gasteiger partial charge in [0.2, 0.25) is 0 Å². The number of carbonyl (C=O) groups excluding carboxylic acids is 1. The largest absolute Gasteiger partial charge is 0.297 e. The third kappa shape index (κ3) is 3.85. The zero-order chi connectivity index (χ0) is 16.2. The van der Waals surface area contributed by atoms with Crippen molar-refractivity contribution in [2.45, 2.75) is 20.4 Å². The normalized spacial score (nSPS) is 15.6. The second kappa shape index (κ2) is 7.33. The van der Waals surface area contributed by atoms with E-state index in [9.17, 15) is 4.79 Å². The van der Waals surface area contributed by atoms with Crippen molar-refractivity contribution in [1.82, 2.24) is 4.90 Å². The number of thioether (sulfide) groups is 1. The average molecular weight is 325 g/mol. The van der Waals surface area contributed by atoms with Gasteiger partial charge in [-0.2, -0.15) is 11.8 Å². The summed E-state index contributed by atoms with van der Waals surface area (Å²) in [6.45, 7) is 7.13. The minimum Gasteiger partial charge on any atom is -0.297 e. The first-order valence-electron chi connectivity index (χ1n) is 8.15. The Labute approximate surface area is 142 Å². The van der Waals surface area contributed by atoms with Crippen molar-refractivity contribution >= 4 is 17.5 Å². The van der Waals surface area contributed by atoms with E-state index in [0.29, 0.717) is 0 Å². The first-order valence-corrected chi connectivity index (χ1v) is 9.30. The molecule has 0 spiro atoms. The molecule has 1 aliphatic heterocycles. The minimum absolute atomic E-state index is 0.146. The van der Waals surface area contributed by atoms with Crippen LogP contribution < -0.4 is 0 Å². The monoisotopic (exact) mass is 325 g/mol. The first-order chi connectivity index (χ1) is 11.1. The van der Waals surface area contributed by atoms with Gasteiger partial charge < -0.3 is 0 Å². The maximum absolute atomic E-state index is 13.1. The lowest BCUT2D eigenvalue weighted by Crippen LogP contribution is -2.32. The summed E-state index contributed by atoms with van der Waals surface area (Å²) in [5, 5.41) is 0. The third-order valence-corrected chi connectivity index (χ3v) is 5.34. The van der Waals surface area contributed by atoms with Gasteiger partial charge in [-0.1, -0.05) is 42.0 Å². The van der Waals surface area contributed by atoms with Gasteiger partial charge in [-0.25, -0.2) is 0 Å². The van der Waals surface area contributed by atoms with E-state index in [1.165, 1.54) is 11.5 Å². The van der Waals surface area contributed by atoms with Gasteiger partial charge in [0, 0.05) is 42.3 Å². The lowest BCUT2D eigenvalue weighted by Gasteiger charge is -2.27. The summed E-state index contributed by atoms with van der Waals surface area (Å²) in [5.41, 5.74) is 4.99. The Balaban J connectivity index is 1.90. The van der Waals surface area contributed by atoms with Crippen LogP contribution in [0.4, 0.5) is 0 Å². The molecule has 23 heavy (non-hydrogen) atoms. The number of nitrogens with zero attached hydrogens (tertiary/aromatic N) is 1. The van der Waals surface area contributed by atoms with Gasteiger partial charge in [-0.3, -0.25) is 9.69 Å². The lowest BCUT2D eigenvalue weighted by molar-refractivity contribution is 0.103. The lowest BCUT2D eigenvalue weighted by atomic mass is 9.94. The summed E-state index contributed by atoms with van der Waals surface area (Å²) < 4.78 is 0. The Kier molecular flexibility index (Phi) is 5.19. The Morgan fingerprint density at radius 1 is 1.04 bits per heavy atom. The molecule has 120 valence electrons. The second-order valence-electron chi connectivity index (χ2n) is 6.19. The van der Waals surface area contributed by atoms with Crippen molar-refractivity contribution in [3.63, 3.8) is 0 Å². The van der Waals surface area contributed by atoms with Crippen LogP contribution in [0.5, 0.6) is 0 Å². The molecule has 3 rings (SSSR count). The van der Waals surface area contributed by atoms with Crippen LogP contribution >= 0.6 is 11.8 Å². The number of benzene rings is 2. The highest BCUT2D eigenvalue weighted by atomic mass is 32.2. The van der Waals surface area contributed by atoms with E-state index >= 15 is 0 Å². The molecule has 0 aromatic heterocycles. The van der Waals surface area contributed by atoms with Crippen LogP contribution in [0.25, 0.3) is 0 Å². The minimum atomic E-state index is 0.146. The molecule has 0 atom stereocenters. The topological polar surface area (TPSA) is 20.3 Å². The smallest absolute Gasteiger partial charge is 0.193 e. The van der Waals surface area contributed by atoms with Crippen molar-refractivity contribution < 1.29 is 4.79 Å². The predicted octanol–water partition coefficient (Wildman–Crippen LogP) is 4.08. The molecule has 1 heterocycles. The fraction of sp³-hybridized carbons (Fsp3) is 0.350. The third-order valence-electron chi connectivity index (χ3n) is 4.40. The molecule has 1 fully saturated rings. The summed E-state index contributed by atoms with van der Waals surface area (Å²) in [4.78, 5) is 15.5. The van der Waals surface area contributed by atoms with E-state index in [0.717, 1.165) is 47.5 Å². The molecule has 1 aliphatic rings. The predicted molar refractivity (Wildman–Crippen MR) is 98.4 cm³/mol. The van der Waals surface area contributed by atoms with Crippen molar-refractivity contribution in [1.29, 1.82) is 0 Å². The molecular weight excluding hydrogens is 302 g/mol. The number of aryl methyl sites for hydroxylation is 2. The molecule has 0 unspecified atom stereocenters. The number of hydrogen-bond acceptors (Lipinski definition) is 3. The molecule has 2 aromatic rings. The quantitative estimate of drug-likeness (QED) is 0.790. The number of ketones is 1. The average Bonchev–Trinajstić information content (AvgIpc) is 2.58. The van der Waals surface area contributed by atoms with Crippen molar-refractivity contribution in [2.75, 3.05) is 24.6 Å². The summed E-state index contributed by atoms with van der Waals surface area (Å²) in [6.07, 6.45) is 0. The molecule has 0 bridgehead atoms. The maximum Gasteiger partial charge on any atom is 0.193 e. The fourth-order valence-corrected chi connectivity index (χ4v) is 3.98. The van der Waals surface area contributed by atoms with E-state index in [2.05, 4.69) is 17.0 Å². The standard InChI is InChI=1S/C20H23NOS/c1-15-7-8-16(2)19(13-15)20(22)18-6-4-3-5-17(18)14-21-9-11-23-12-10-21/h3-8,13H,9-12,14H2,1-2H3. The van der Waals surface area contributed by atoms with Crippen LogP contribution in [0.15, 0.2) is 42.5 Å². The Morgan fingerprint density at radius 3 is 2.57 bits per heavy atom. The SMILES string of the molecule is Cc1ccc(C)c(C(=O)c2ccccc2CN2CCSCC2)c1. The number of rotatable bonds is 4. The number of carbonyl (C=O) groups is 1. The molecule has 1 saturated heterocycles. The molecule has 0 N–H and O–H groups in total. The van der Waals surface area contributed by atoms with E-state index < -0.39 is 0 Å². The summed E-state index contributed by atoms with van der Waals surface area (Å²) >= 11 is 2.01. The number of hydrogen-bond donors (Lipinski definition) is 0. The Morgan fingerprint density at radius 2 is 1.78 bits per heavy atom. The molecule has 0 radical (unpaired) electrons. The molecule has 0 aliphatic carbocycles. The van der Waals surface area contributed by atoms with Crippen LogP contribution in [0.3, 0.4) is 0 Å². The van der Waals surface area contributed by atoms with Gasteiger partial charge in [0.25, 0.3) is 0 Å². The fourth-order valence-electron chi connectivity index (χ4n) is 3.01.